The molecule has 0 radical (unpaired) electrons. The second-order valence-corrected chi connectivity index (χ2v) is 4.55. The van der Waals surface area contributed by atoms with Gasteiger partial charge in [0.05, 0.1) is 0 Å². The number of esters is 1. The van der Waals surface area contributed by atoms with Crippen LogP contribution in [0.2, 0.25) is 0 Å². The van der Waals surface area contributed by atoms with Gasteiger partial charge in [0, 0.05) is 15.6 Å². The predicted molar refractivity (Wildman–Crippen MR) is 61.8 cm³/mol. The second kappa shape index (κ2) is 4.29. The highest BCUT2D eigenvalue weighted by Gasteiger charge is 2.23. The standard InChI is InChI=1S/C11H11IO2/c12-9-5-2-1-4-8(9)10-6-3-7-11(13)14-10/h1-2,4-5,10H,3,6-7H2/t10-/m1/s1. The Labute approximate surface area is 96.8 Å². The first-order chi connectivity index (χ1) is 6.77. The summed E-state index contributed by atoms with van der Waals surface area (Å²) in [5.41, 5.74) is 1.14. The third-order valence-electron chi connectivity index (χ3n) is 2.37. The van der Waals surface area contributed by atoms with Gasteiger partial charge in [-0.15, -0.1) is 0 Å². The van der Waals surface area contributed by atoms with Gasteiger partial charge in [-0.3, -0.25) is 4.79 Å². The van der Waals surface area contributed by atoms with Gasteiger partial charge in [-0.25, -0.2) is 0 Å². The summed E-state index contributed by atoms with van der Waals surface area (Å²) in [5.74, 6) is -0.0686. The zero-order valence-electron chi connectivity index (χ0n) is 7.70. The summed E-state index contributed by atoms with van der Waals surface area (Å²) in [6.45, 7) is 0. The molecule has 1 heterocycles. The largest absolute Gasteiger partial charge is 0.457 e. The summed E-state index contributed by atoms with van der Waals surface area (Å²) >= 11 is 2.28. The molecule has 1 aliphatic rings. The van der Waals surface area contributed by atoms with Crippen LogP contribution in [0.5, 0.6) is 0 Å². The van der Waals surface area contributed by atoms with Crippen LogP contribution in [0.15, 0.2) is 24.3 Å². The average molecular weight is 302 g/mol. The van der Waals surface area contributed by atoms with E-state index in [0.717, 1.165) is 18.4 Å². The zero-order chi connectivity index (χ0) is 9.97. The van der Waals surface area contributed by atoms with E-state index >= 15 is 0 Å². The number of hydrogen-bond acceptors (Lipinski definition) is 2. The van der Waals surface area contributed by atoms with Crippen molar-refractivity contribution in [3.05, 3.63) is 33.4 Å². The lowest BCUT2D eigenvalue weighted by atomic mass is 10.0. The van der Waals surface area contributed by atoms with Crippen LogP contribution in [-0.4, -0.2) is 5.97 Å². The van der Waals surface area contributed by atoms with Crippen molar-refractivity contribution in [2.75, 3.05) is 0 Å². The van der Waals surface area contributed by atoms with Gasteiger partial charge in [0.2, 0.25) is 0 Å². The van der Waals surface area contributed by atoms with E-state index in [4.69, 9.17) is 4.74 Å². The minimum absolute atomic E-state index is 0.0238. The van der Waals surface area contributed by atoms with Crippen molar-refractivity contribution >= 4 is 28.6 Å². The highest BCUT2D eigenvalue weighted by Crippen LogP contribution is 2.31. The van der Waals surface area contributed by atoms with Gasteiger partial charge in [0.25, 0.3) is 0 Å². The summed E-state index contributed by atoms with van der Waals surface area (Å²) in [6.07, 6.45) is 2.43. The molecule has 0 saturated carbocycles. The van der Waals surface area contributed by atoms with E-state index in [2.05, 4.69) is 22.6 Å². The first-order valence-electron chi connectivity index (χ1n) is 4.71. The van der Waals surface area contributed by atoms with Crippen LogP contribution in [0.4, 0.5) is 0 Å². The summed E-state index contributed by atoms with van der Waals surface area (Å²) < 4.78 is 6.48. The molecule has 1 aliphatic heterocycles. The van der Waals surface area contributed by atoms with Crippen LogP contribution < -0.4 is 0 Å². The Bertz CT molecular complexity index is 349. The Hall–Kier alpha value is -0.580. The van der Waals surface area contributed by atoms with Crippen molar-refractivity contribution in [1.82, 2.24) is 0 Å². The molecular formula is C11H11IO2. The summed E-state index contributed by atoms with van der Waals surface area (Å²) in [5, 5.41) is 0. The fraction of sp³-hybridized carbons (Fsp3) is 0.364. The molecule has 74 valence electrons. The molecule has 0 unspecified atom stereocenters. The number of hydrogen-bond donors (Lipinski definition) is 0. The molecular weight excluding hydrogens is 291 g/mol. The molecule has 0 bridgehead atoms. The molecule has 0 amide bonds. The van der Waals surface area contributed by atoms with Gasteiger partial charge < -0.3 is 4.74 Å². The molecule has 1 aromatic carbocycles. The Kier molecular flexibility index (Phi) is 3.05. The van der Waals surface area contributed by atoms with E-state index in [1.165, 1.54) is 3.57 Å². The van der Waals surface area contributed by atoms with Crippen molar-refractivity contribution < 1.29 is 9.53 Å². The number of cyclic esters (lactones) is 1. The molecule has 14 heavy (non-hydrogen) atoms. The number of halogens is 1. The Morgan fingerprint density at radius 1 is 1.36 bits per heavy atom. The van der Waals surface area contributed by atoms with E-state index in [-0.39, 0.29) is 12.1 Å². The van der Waals surface area contributed by atoms with Crippen LogP contribution in [0.3, 0.4) is 0 Å². The highest BCUT2D eigenvalue weighted by molar-refractivity contribution is 14.1. The van der Waals surface area contributed by atoms with Crippen LogP contribution in [-0.2, 0) is 9.53 Å². The fourth-order valence-electron chi connectivity index (χ4n) is 1.66. The van der Waals surface area contributed by atoms with Crippen molar-refractivity contribution in [2.45, 2.75) is 25.4 Å². The number of rotatable bonds is 1. The fourth-order valence-corrected chi connectivity index (χ4v) is 2.40. The molecule has 3 heteroatoms. The molecule has 0 aromatic heterocycles. The van der Waals surface area contributed by atoms with Gasteiger partial charge in [-0.2, -0.15) is 0 Å². The maximum Gasteiger partial charge on any atom is 0.306 e. The third-order valence-corrected chi connectivity index (χ3v) is 3.36. The van der Waals surface area contributed by atoms with Gasteiger partial charge >= 0.3 is 5.97 Å². The highest BCUT2D eigenvalue weighted by atomic mass is 127. The van der Waals surface area contributed by atoms with E-state index in [0.29, 0.717) is 6.42 Å². The molecule has 0 spiro atoms. The number of ether oxygens (including phenoxy) is 1. The quantitative estimate of drug-likeness (QED) is 0.589. The van der Waals surface area contributed by atoms with Crippen molar-refractivity contribution in [1.29, 1.82) is 0 Å². The molecule has 0 aliphatic carbocycles. The Morgan fingerprint density at radius 2 is 2.14 bits per heavy atom. The van der Waals surface area contributed by atoms with Gasteiger partial charge in [-0.1, -0.05) is 18.2 Å². The van der Waals surface area contributed by atoms with Crippen LogP contribution in [0, 0.1) is 3.57 Å². The topological polar surface area (TPSA) is 26.3 Å². The minimum atomic E-state index is -0.0686. The Balaban J connectivity index is 2.22. The van der Waals surface area contributed by atoms with E-state index in [9.17, 15) is 4.79 Å². The predicted octanol–water partition coefficient (Wildman–Crippen LogP) is 3.06. The lowest BCUT2D eigenvalue weighted by molar-refractivity contribution is -0.154. The Morgan fingerprint density at radius 3 is 2.86 bits per heavy atom. The smallest absolute Gasteiger partial charge is 0.306 e. The van der Waals surface area contributed by atoms with Crippen LogP contribution in [0.25, 0.3) is 0 Å². The summed E-state index contributed by atoms with van der Waals surface area (Å²) in [6, 6.07) is 8.05. The van der Waals surface area contributed by atoms with E-state index < -0.39 is 0 Å². The number of benzene rings is 1. The second-order valence-electron chi connectivity index (χ2n) is 3.39. The molecule has 1 fully saturated rings. The molecule has 0 N–H and O–H groups in total. The molecule has 1 atom stereocenters. The third kappa shape index (κ3) is 2.08. The molecule has 1 saturated heterocycles. The van der Waals surface area contributed by atoms with Crippen molar-refractivity contribution in [3.8, 4) is 0 Å². The average Bonchev–Trinajstić information content (AvgIpc) is 2.18. The minimum Gasteiger partial charge on any atom is -0.457 e. The molecule has 2 rings (SSSR count). The molecule has 2 nitrogen and oxygen atoms in total. The zero-order valence-corrected chi connectivity index (χ0v) is 9.86. The van der Waals surface area contributed by atoms with Gasteiger partial charge in [0.15, 0.2) is 0 Å². The number of carbonyl (C=O) groups is 1. The van der Waals surface area contributed by atoms with E-state index in [1.807, 2.05) is 24.3 Å². The maximum atomic E-state index is 11.1. The lowest BCUT2D eigenvalue weighted by Crippen LogP contribution is -2.17. The summed E-state index contributed by atoms with van der Waals surface area (Å²) in [7, 11) is 0. The van der Waals surface area contributed by atoms with Gasteiger partial charge in [0.1, 0.15) is 6.10 Å². The lowest BCUT2D eigenvalue weighted by Gasteiger charge is -2.23. The first kappa shape index (κ1) is 9.96. The van der Waals surface area contributed by atoms with Crippen molar-refractivity contribution in [2.24, 2.45) is 0 Å². The maximum absolute atomic E-state index is 11.1. The first-order valence-corrected chi connectivity index (χ1v) is 5.79. The van der Waals surface area contributed by atoms with Crippen LogP contribution in [0.1, 0.15) is 30.9 Å². The van der Waals surface area contributed by atoms with E-state index in [1.54, 1.807) is 0 Å². The SMILES string of the molecule is O=C1CCC[C@H](c2ccccc2I)O1. The van der Waals surface area contributed by atoms with Crippen molar-refractivity contribution in [3.63, 3.8) is 0 Å². The van der Waals surface area contributed by atoms with Gasteiger partial charge in [-0.05, 0) is 41.5 Å². The molecule has 1 aromatic rings. The van der Waals surface area contributed by atoms with Crippen LogP contribution >= 0.6 is 22.6 Å². The number of carbonyl (C=O) groups excluding carboxylic acids is 1. The normalized spacial score (nSPS) is 21.8. The monoisotopic (exact) mass is 302 g/mol. The summed E-state index contributed by atoms with van der Waals surface area (Å²) in [4.78, 5) is 11.1.